The van der Waals surface area contributed by atoms with Crippen LogP contribution in [0.15, 0.2) is 12.3 Å². The molecule has 1 aromatic rings. The molecule has 1 atom stereocenters. The second kappa shape index (κ2) is 8.59. The van der Waals surface area contributed by atoms with Crippen molar-refractivity contribution in [1.29, 1.82) is 0 Å². The van der Waals surface area contributed by atoms with Gasteiger partial charge in [0.05, 0.1) is 35.5 Å². The number of nitrogens with one attached hydrogen (secondary N) is 1. The topological polar surface area (TPSA) is 95.0 Å². The van der Waals surface area contributed by atoms with E-state index in [4.69, 9.17) is 11.6 Å². The number of halogens is 1. The zero-order valence-electron chi connectivity index (χ0n) is 17.3. The van der Waals surface area contributed by atoms with Crippen molar-refractivity contribution in [2.24, 2.45) is 5.41 Å². The molecule has 2 aliphatic heterocycles. The highest BCUT2D eigenvalue weighted by molar-refractivity contribution is 6.33. The quantitative estimate of drug-likeness (QED) is 0.756. The van der Waals surface area contributed by atoms with Crippen molar-refractivity contribution in [3.8, 4) is 0 Å². The van der Waals surface area contributed by atoms with E-state index in [0.717, 1.165) is 58.0 Å². The molecule has 1 aromatic heterocycles. The van der Waals surface area contributed by atoms with Gasteiger partial charge in [0.2, 0.25) is 5.91 Å². The largest absolute Gasteiger partial charge is 0.453 e. The van der Waals surface area contributed by atoms with Crippen molar-refractivity contribution in [2.75, 3.05) is 37.0 Å². The molecule has 2 amide bonds. The number of likely N-dealkylation sites (tertiary alicyclic amines) is 1. The number of amides is 2. The highest BCUT2D eigenvalue weighted by Gasteiger charge is 2.51. The molecule has 3 aliphatic rings. The Morgan fingerprint density at radius 2 is 2.07 bits per heavy atom. The fraction of sp³-hybridized carbons (Fsp3) is 0.667. The zero-order valence-corrected chi connectivity index (χ0v) is 18.0. The Kier molecular flexibility index (Phi) is 6.06. The number of piperidine rings is 1. The maximum absolute atomic E-state index is 13.5. The van der Waals surface area contributed by atoms with Crippen molar-refractivity contribution in [3.05, 3.63) is 17.3 Å². The third-order valence-corrected chi connectivity index (χ3v) is 7.06. The van der Waals surface area contributed by atoms with E-state index in [-0.39, 0.29) is 23.5 Å². The molecule has 0 bridgehead atoms. The lowest BCUT2D eigenvalue weighted by molar-refractivity contribution is -0.139. The predicted molar refractivity (Wildman–Crippen MR) is 114 cm³/mol. The molecule has 9 heteroatoms. The van der Waals surface area contributed by atoms with E-state index >= 15 is 0 Å². The summed E-state index contributed by atoms with van der Waals surface area (Å²) in [4.78, 5) is 33.5. The molecular weight excluding hydrogens is 408 g/mol. The van der Waals surface area contributed by atoms with Gasteiger partial charge in [-0.05, 0) is 51.0 Å². The van der Waals surface area contributed by atoms with Gasteiger partial charge >= 0.3 is 6.09 Å². The van der Waals surface area contributed by atoms with Crippen LogP contribution in [0, 0.1) is 5.41 Å². The summed E-state index contributed by atoms with van der Waals surface area (Å²) >= 11 is 6.47. The molecule has 8 nitrogen and oxygen atoms in total. The van der Waals surface area contributed by atoms with Gasteiger partial charge in [-0.3, -0.25) is 10.1 Å². The standard InChI is InChI=1S/C21H29ClN4O4/c1-30-20(29)24-14-11-17(22)18(23-12-14)25-9-2-7-21(13-25)8-10-26(19(21)28)15-3-5-16(27)6-4-15/h11-12,15-16,27H,2-10,13H2,1H3,(H,24,29)/t15?,16?,21-/m0/s1. The molecule has 1 aliphatic carbocycles. The average Bonchev–Trinajstić information content (AvgIpc) is 3.04. The number of anilines is 2. The summed E-state index contributed by atoms with van der Waals surface area (Å²) in [6, 6.07) is 1.90. The Morgan fingerprint density at radius 1 is 1.30 bits per heavy atom. The number of carbonyl (C=O) groups is 2. The molecule has 0 aromatic carbocycles. The van der Waals surface area contributed by atoms with E-state index in [9.17, 15) is 14.7 Å². The molecule has 30 heavy (non-hydrogen) atoms. The number of carbonyl (C=O) groups excluding carboxylic acids is 2. The summed E-state index contributed by atoms with van der Waals surface area (Å²) in [5.41, 5.74) is 0.0762. The van der Waals surface area contributed by atoms with Gasteiger partial charge in [0, 0.05) is 25.7 Å². The number of hydrogen-bond donors (Lipinski definition) is 2. The second-order valence-corrected chi connectivity index (χ2v) is 9.07. The maximum atomic E-state index is 13.5. The van der Waals surface area contributed by atoms with E-state index < -0.39 is 6.09 Å². The Hall–Kier alpha value is -2.06. The first-order valence-corrected chi connectivity index (χ1v) is 11.0. The number of aliphatic hydroxyl groups is 1. The van der Waals surface area contributed by atoms with E-state index in [0.29, 0.717) is 23.1 Å². The first-order chi connectivity index (χ1) is 14.4. The van der Waals surface area contributed by atoms with Crippen molar-refractivity contribution in [1.82, 2.24) is 9.88 Å². The number of hydrogen-bond acceptors (Lipinski definition) is 6. The van der Waals surface area contributed by atoms with Crippen LogP contribution >= 0.6 is 11.6 Å². The molecule has 3 fully saturated rings. The van der Waals surface area contributed by atoms with Crippen LogP contribution in [0.5, 0.6) is 0 Å². The minimum absolute atomic E-state index is 0.219. The molecule has 2 saturated heterocycles. The van der Waals surface area contributed by atoms with E-state index in [1.807, 2.05) is 0 Å². The van der Waals surface area contributed by atoms with Crippen molar-refractivity contribution < 1.29 is 19.4 Å². The van der Waals surface area contributed by atoms with Crippen LogP contribution in [0.25, 0.3) is 0 Å². The predicted octanol–water partition coefficient (Wildman–Crippen LogP) is 3.04. The fourth-order valence-corrected chi connectivity index (χ4v) is 5.44. The summed E-state index contributed by atoms with van der Waals surface area (Å²) in [5.74, 6) is 0.881. The Bertz CT molecular complexity index is 814. The van der Waals surface area contributed by atoms with Crippen molar-refractivity contribution in [2.45, 2.75) is 57.1 Å². The first kappa shape index (κ1) is 21.2. The Morgan fingerprint density at radius 3 is 2.77 bits per heavy atom. The number of pyridine rings is 1. The fourth-order valence-electron chi connectivity index (χ4n) is 5.16. The first-order valence-electron chi connectivity index (χ1n) is 10.7. The van der Waals surface area contributed by atoms with E-state index in [1.54, 1.807) is 12.3 Å². The smallest absolute Gasteiger partial charge is 0.411 e. The lowest BCUT2D eigenvalue weighted by Gasteiger charge is -2.41. The SMILES string of the molecule is COC(=O)Nc1cnc(N2CCC[C@]3(CCN(C4CCC(O)CC4)C3=O)C2)c(Cl)c1. The minimum atomic E-state index is -0.579. The highest BCUT2D eigenvalue weighted by atomic mass is 35.5. The van der Waals surface area contributed by atoms with E-state index in [2.05, 4.69) is 24.8 Å². The minimum Gasteiger partial charge on any atom is -0.453 e. The van der Waals surface area contributed by atoms with Gasteiger partial charge in [-0.25, -0.2) is 9.78 Å². The lowest BCUT2D eigenvalue weighted by atomic mass is 9.78. The van der Waals surface area contributed by atoms with Gasteiger partial charge < -0.3 is 19.6 Å². The lowest BCUT2D eigenvalue weighted by Crippen LogP contribution is -2.50. The third-order valence-electron chi connectivity index (χ3n) is 6.78. The van der Waals surface area contributed by atoms with Crippen LogP contribution in [0.4, 0.5) is 16.3 Å². The summed E-state index contributed by atoms with van der Waals surface area (Å²) in [5, 5.41) is 12.8. The Labute approximate surface area is 181 Å². The van der Waals surface area contributed by atoms with Crippen LogP contribution in [-0.2, 0) is 9.53 Å². The van der Waals surface area contributed by atoms with Gasteiger partial charge in [0.1, 0.15) is 5.82 Å². The van der Waals surface area contributed by atoms with Gasteiger partial charge in [0.15, 0.2) is 0 Å². The number of aromatic nitrogens is 1. The molecule has 4 rings (SSSR count). The zero-order chi connectivity index (χ0) is 21.3. The number of methoxy groups -OCH3 is 1. The van der Waals surface area contributed by atoms with Gasteiger partial charge in [-0.15, -0.1) is 0 Å². The second-order valence-electron chi connectivity index (χ2n) is 8.66. The number of aliphatic hydroxyl groups excluding tert-OH is 1. The molecule has 0 radical (unpaired) electrons. The van der Waals surface area contributed by atoms with Gasteiger partial charge in [0.25, 0.3) is 0 Å². The average molecular weight is 437 g/mol. The number of ether oxygens (including phenoxy) is 1. The van der Waals surface area contributed by atoms with Crippen LogP contribution in [0.1, 0.15) is 44.9 Å². The monoisotopic (exact) mass is 436 g/mol. The molecule has 3 heterocycles. The third kappa shape index (κ3) is 4.07. The molecule has 2 N–H and O–H groups in total. The normalized spacial score (nSPS) is 29.4. The summed E-state index contributed by atoms with van der Waals surface area (Å²) < 4.78 is 4.59. The maximum Gasteiger partial charge on any atom is 0.411 e. The molecule has 1 saturated carbocycles. The van der Waals surface area contributed by atoms with Crippen molar-refractivity contribution in [3.63, 3.8) is 0 Å². The summed E-state index contributed by atoms with van der Waals surface area (Å²) in [7, 11) is 1.29. The molecule has 1 spiro atoms. The van der Waals surface area contributed by atoms with Crippen LogP contribution in [0.2, 0.25) is 5.02 Å². The van der Waals surface area contributed by atoms with Gasteiger partial charge in [-0.2, -0.15) is 0 Å². The molecule has 164 valence electrons. The molecule has 0 unspecified atom stereocenters. The van der Waals surface area contributed by atoms with Crippen molar-refractivity contribution >= 4 is 35.1 Å². The number of rotatable bonds is 3. The number of nitrogens with zero attached hydrogens (tertiary/aromatic N) is 3. The van der Waals surface area contributed by atoms with Crippen LogP contribution in [-0.4, -0.2) is 65.9 Å². The Balaban J connectivity index is 1.47. The van der Waals surface area contributed by atoms with Crippen LogP contribution < -0.4 is 10.2 Å². The summed E-state index contributed by atoms with van der Waals surface area (Å²) in [6.45, 7) is 2.19. The molecular formula is C21H29ClN4O4. The van der Waals surface area contributed by atoms with E-state index in [1.165, 1.54) is 7.11 Å². The summed E-state index contributed by atoms with van der Waals surface area (Å²) in [6.07, 6.45) is 6.71. The van der Waals surface area contributed by atoms with Crippen LogP contribution in [0.3, 0.4) is 0 Å². The van der Waals surface area contributed by atoms with Gasteiger partial charge in [-0.1, -0.05) is 11.6 Å². The highest BCUT2D eigenvalue weighted by Crippen LogP contribution is 2.44.